The molecule has 0 saturated carbocycles. The standard InChI is InChI=1S/C12H15BrClNO2/c1-8(3-2-6-14)15-12(17)10-5-4-9(13)7-11(10)16/h4-5,7-8,16H,2-3,6H2,1H3,(H,15,17). The second-order valence-corrected chi connectivity index (χ2v) is 5.16. The van der Waals surface area contributed by atoms with E-state index in [0.29, 0.717) is 5.88 Å². The SMILES string of the molecule is CC(CCCCl)NC(=O)c1ccc(Br)cc1O. The van der Waals surface area contributed by atoms with Crippen LogP contribution in [0.25, 0.3) is 0 Å². The smallest absolute Gasteiger partial charge is 0.255 e. The van der Waals surface area contributed by atoms with Gasteiger partial charge < -0.3 is 10.4 Å². The summed E-state index contributed by atoms with van der Waals surface area (Å²) in [5.41, 5.74) is 0.283. The van der Waals surface area contributed by atoms with Gasteiger partial charge in [-0.2, -0.15) is 0 Å². The number of alkyl halides is 1. The number of hydrogen-bond acceptors (Lipinski definition) is 2. The molecule has 1 aromatic rings. The third-order valence-corrected chi connectivity index (χ3v) is 3.11. The number of amides is 1. The van der Waals surface area contributed by atoms with E-state index < -0.39 is 0 Å². The van der Waals surface area contributed by atoms with Gasteiger partial charge in [0, 0.05) is 16.4 Å². The quantitative estimate of drug-likeness (QED) is 0.818. The maximum absolute atomic E-state index is 11.8. The van der Waals surface area contributed by atoms with Gasteiger partial charge in [-0.15, -0.1) is 11.6 Å². The fraction of sp³-hybridized carbons (Fsp3) is 0.417. The minimum atomic E-state index is -0.267. The van der Waals surface area contributed by atoms with Gasteiger partial charge in [0.2, 0.25) is 0 Å². The van der Waals surface area contributed by atoms with E-state index in [1.807, 2.05) is 6.92 Å². The summed E-state index contributed by atoms with van der Waals surface area (Å²) in [6, 6.07) is 4.85. The van der Waals surface area contributed by atoms with Crippen LogP contribution in [-0.4, -0.2) is 22.9 Å². The predicted molar refractivity (Wildman–Crippen MR) is 72.7 cm³/mol. The van der Waals surface area contributed by atoms with Crippen LogP contribution in [0, 0.1) is 0 Å². The number of phenols is 1. The lowest BCUT2D eigenvalue weighted by molar-refractivity contribution is 0.0935. The Kier molecular flexibility index (Phi) is 5.78. The molecule has 2 N–H and O–H groups in total. The van der Waals surface area contributed by atoms with Crippen LogP contribution >= 0.6 is 27.5 Å². The van der Waals surface area contributed by atoms with Gasteiger partial charge in [0.25, 0.3) is 5.91 Å². The van der Waals surface area contributed by atoms with Crippen LogP contribution in [0.1, 0.15) is 30.1 Å². The molecule has 0 aliphatic carbocycles. The molecule has 1 amide bonds. The summed E-state index contributed by atoms with van der Waals surface area (Å²) in [6.07, 6.45) is 1.68. The maximum Gasteiger partial charge on any atom is 0.255 e. The molecule has 0 aromatic heterocycles. The summed E-state index contributed by atoms with van der Waals surface area (Å²) in [4.78, 5) is 11.8. The lowest BCUT2D eigenvalue weighted by Gasteiger charge is -2.13. The molecule has 94 valence electrons. The first-order valence-corrected chi connectivity index (χ1v) is 6.72. The highest BCUT2D eigenvalue weighted by Gasteiger charge is 2.13. The van der Waals surface area contributed by atoms with Crippen molar-refractivity contribution in [2.75, 3.05) is 5.88 Å². The van der Waals surface area contributed by atoms with E-state index in [9.17, 15) is 9.90 Å². The van der Waals surface area contributed by atoms with Gasteiger partial charge in [-0.3, -0.25) is 4.79 Å². The zero-order valence-corrected chi connectivity index (χ0v) is 11.9. The Morgan fingerprint density at radius 1 is 1.59 bits per heavy atom. The minimum Gasteiger partial charge on any atom is -0.507 e. The summed E-state index contributed by atoms with van der Waals surface area (Å²) in [7, 11) is 0. The van der Waals surface area contributed by atoms with Crippen molar-refractivity contribution in [3.05, 3.63) is 28.2 Å². The molecule has 0 aliphatic rings. The van der Waals surface area contributed by atoms with Crippen LogP contribution in [-0.2, 0) is 0 Å². The van der Waals surface area contributed by atoms with Gasteiger partial charge in [-0.1, -0.05) is 15.9 Å². The summed E-state index contributed by atoms with van der Waals surface area (Å²) >= 11 is 8.81. The third kappa shape index (κ3) is 4.56. The van der Waals surface area contributed by atoms with Crippen molar-refractivity contribution in [1.82, 2.24) is 5.32 Å². The van der Waals surface area contributed by atoms with Gasteiger partial charge in [-0.25, -0.2) is 0 Å². The zero-order chi connectivity index (χ0) is 12.8. The van der Waals surface area contributed by atoms with E-state index >= 15 is 0 Å². The monoisotopic (exact) mass is 319 g/mol. The fourth-order valence-electron chi connectivity index (χ4n) is 1.45. The number of benzene rings is 1. The number of phenolic OH excluding ortho intramolecular Hbond substituents is 1. The van der Waals surface area contributed by atoms with Gasteiger partial charge in [0.15, 0.2) is 0 Å². The lowest BCUT2D eigenvalue weighted by Crippen LogP contribution is -2.32. The molecule has 3 nitrogen and oxygen atoms in total. The Bertz CT molecular complexity index is 398. The van der Waals surface area contributed by atoms with Crippen molar-refractivity contribution in [1.29, 1.82) is 0 Å². The molecule has 1 atom stereocenters. The lowest BCUT2D eigenvalue weighted by atomic mass is 10.1. The second kappa shape index (κ2) is 6.87. The van der Waals surface area contributed by atoms with Gasteiger partial charge >= 0.3 is 0 Å². The van der Waals surface area contributed by atoms with E-state index in [1.165, 1.54) is 6.07 Å². The topological polar surface area (TPSA) is 49.3 Å². The van der Waals surface area contributed by atoms with Crippen molar-refractivity contribution >= 4 is 33.4 Å². The average molecular weight is 321 g/mol. The first-order chi connectivity index (χ1) is 8.04. The van der Waals surface area contributed by atoms with Crippen molar-refractivity contribution in [3.8, 4) is 5.75 Å². The number of aromatic hydroxyl groups is 1. The third-order valence-electron chi connectivity index (χ3n) is 2.35. The van der Waals surface area contributed by atoms with Crippen LogP contribution in [0.5, 0.6) is 5.75 Å². The first kappa shape index (κ1) is 14.3. The Morgan fingerprint density at radius 3 is 2.88 bits per heavy atom. The van der Waals surface area contributed by atoms with Gasteiger partial charge in [-0.05, 0) is 38.0 Å². The van der Waals surface area contributed by atoms with E-state index in [-0.39, 0.29) is 23.3 Å². The van der Waals surface area contributed by atoms with Crippen LogP contribution in [0.15, 0.2) is 22.7 Å². The highest BCUT2D eigenvalue weighted by atomic mass is 79.9. The van der Waals surface area contributed by atoms with Gasteiger partial charge in [0.05, 0.1) is 5.56 Å². The molecule has 5 heteroatoms. The number of rotatable bonds is 5. The Balaban J connectivity index is 2.63. The van der Waals surface area contributed by atoms with E-state index in [2.05, 4.69) is 21.2 Å². The van der Waals surface area contributed by atoms with Crippen molar-refractivity contribution < 1.29 is 9.90 Å². The summed E-state index contributed by atoms with van der Waals surface area (Å²) in [6.45, 7) is 1.92. The van der Waals surface area contributed by atoms with E-state index in [0.717, 1.165) is 17.3 Å². The molecular formula is C12H15BrClNO2. The van der Waals surface area contributed by atoms with E-state index in [1.54, 1.807) is 12.1 Å². The van der Waals surface area contributed by atoms with Crippen molar-refractivity contribution in [3.63, 3.8) is 0 Å². The maximum atomic E-state index is 11.8. The first-order valence-electron chi connectivity index (χ1n) is 5.40. The van der Waals surface area contributed by atoms with Crippen LogP contribution in [0.2, 0.25) is 0 Å². The van der Waals surface area contributed by atoms with Crippen molar-refractivity contribution in [2.45, 2.75) is 25.8 Å². The molecule has 1 rings (SSSR count). The molecule has 1 unspecified atom stereocenters. The highest BCUT2D eigenvalue weighted by molar-refractivity contribution is 9.10. The molecular weight excluding hydrogens is 305 g/mol. The second-order valence-electron chi connectivity index (χ2n) is 3.87. The molecule has 17 heavy (non-hydrogen) atoms. The van der Waals surface area contributed by atoms with Crippen molar-refractivity contribution in [2.24, 2.45) is 0 Å². The molecule has 0 heterocycles. The number of hydrogen-bond donors (Lipinski definition) is 2. The summed E-state index contributed by atoms with van der Waals surface area (Å²) in [5, 5.41) is 12.5. The average Bonchev–Trinajstić information content (AvgIpc) is 2.26. The number of carbonyl (C=O) groups is 1. The Morgan fingerprint density at radius 2 is 2.29 bits per heavy atom. The van der Waals surface area contributed by atoms with Crippen LogP contribution < -0.4 is 5.32 Å². The Hall–Kier alpha value is -0.740. The summed E-state index contributed by atoms with van der Waals surface area (Å²) in [5.74, 6) is 0.294. The molecule has 0 fully saturated rings. The largest absolute Gasteiger partial charge is 0.507 e. The van der Waals surface area contributed by atoms with E-state index in [4.69, 9.17) is 11.6 Å². The van der Waals surface area contributed by atoms with Crippen LogP contribution in [0.4, 0.5) is 0 Å². The highest BCUT2D eigenvalue weighted by Crippen LogP contribution is 2.22. The van der Waals surface area contributed by atoms with Crippen LogP contribution in [0.3, 0.4) is 0 Å². The molecule has 1 aromatic carbocycles. The fourth-order valence-corrected chi connectivity index (χ4v) is 1.96. The predicted octanol–water partition coefficient (Wildman–Crippen LogP) is 3.29. The minimum absolute atomic E-state index is 0.0265. The zero-order valence-electron chi connectivity index (χ0n) is 9.54. The van der Waals surface area contributed by atoms with Gasteiger partial charge in [0.1, 0.15) is 5.75 Å². The number of halogens is 2. The number of carbonyl (C=O) groups excluding carboxylic acids is 1. The number of nitrogens with one attached hydrogen (secondary N) is 1. The Labute approximate surface area is 114 Å². The molecule has 0 bridgehead atoms. The summed E-state index contributed by atoms with van der Waals surface area (Å²) < 4.78 is 0.738. The molecule has 0 aliphatic heterocycles. The molecule has 0 spiro atoms. The molecule has 0 radical (unpaired) electrons. The normalized spacial score (nSPS) is 12.2. The molecule has 0 saturated heterocycles.